The number of para-hydroxylation sites is 2. The fourth-order valence-electron chi connectivity index (χ4n) is 2.49. The zero-order valence-electron chi connectivity index (χ0n) is 13.0. The SMILES string of the molecule is CCCNC(=S)N1CCN(c2ccccc2OCC)CC1. The zero-order chi connectivity index (χ0) is 15.1. The largest absolute Gasteiger partial charge is 0.492 e. The van der Waals surface area contributed by atoms with Gasteiger partial charge < -0.3 is 19.9 Å². The van der Waals surface area contributed by atoms with Gasteiger partial charge in [-0.1, -0.05) is 19.1 Å². The summed E-state index contributed by atoms with van der Waals surface area (Å²) < 4.78 is 5.72. The number of nitrogens with one attached hydrogen (secondary N) is 1. The van der Waals surface area contributed by atoms with Crippen LogP contribution in [0.15, 0.2) is 24.3 Å². The van der Waals surface area contributed by atoms with Crippen LogP contribution in [0.1, 0.15) is 20.3 Å². The molecule has 2 rings (SSSR count). The molecule has 1 N–H and O–H groups in total. The van der Waals surface area contributed by atoms with Crippen molar-refractivity contribution in [2.45, 2.75) is 20.3 Å². The van der Waals surface area contributed by atoms with Gasteiger partial charge in [-0.3, -0.25) is 0 Å². The van der Waals surface area contributed by atoms with Crippen LogP contribution in [-0.2, 0) is 0 Å². The maximum atomic E-state index is 5.72. The second-order valence-electron chi connectivity index (χ2n) is 5.11. The van der Waals surface area contributed by atoms with Crippen molar-refractivity contribution in [1.82, 2.24) is 10.2 Å². The van der Waals surface area contributed by atoms with Gasteiger partial charge in [0.2, 0.25) is 0 Å². The van der Waals surface area contributed by atoms with Crippen molar-refractivity contribution in [2.24, 2.45) is 0 Å². The third-order valence-corrected chi connectivity index (χ3v) is 4.00. The summed E-state index contributed by atoms with van der Waals surface area (Å²) in [6.07, 6.45) is 1.10. The predicted molar refractivity (Wildman–Crippen MR) is 92.3 cm³/mol. The molecule has 116 valence electrons. The predicted octanol–water partition coefficient (Wildman–Crippen LogP) is 2.49. The van der Waals surface area contributed by atoms with Crippen LogP contribution < -0.4 is 15.0 Å². The molecule has 1 aromatic carbocycles. The van der Waals surface area contributed by atoms with E-state index in [9.17, 15) is 0 Å². The Morgan fingerprint density at radius 3 is 2.57 bits per heavy atom. The number of nitrogens with zero attached hydrogens (tertiary/aromatic N) is 2. The van der Waals surface area contributed by atoms with E-state index in [1.54, 1.807) is 0 Å². The van der Waals surface area contributed by atoms with Crippen LogP contribution in [0.2, 0.25) is 0 Å². The third kappa shape index (κ3) is 4.24. The van der Waals surface area contributed by atoms with Crippen molar-refractivity contribution in [1.29, 1.82) is 0 Å². The maximum absolute atomic E-state index is 5.72. The molecule has 0 unspecified atom stereocenters. The minimum Gasteiger partial charge on any atom is -0.492 e. The smallest absolute Gasteiger partial charge is 0.169 e. The standard InChI is InChI=1S/C16H25N3OS/c1-3-9-17-16(21)19-12-10-18(11-13-19)14-7-5-6-8-15(14)20-4-2/h5-8H,3-4,9-13H2,1-2H3,(H,17,21). The summed E-state index contributed by atoms with van der Waals surface area (Å²) in [5.74, 6) is 0.972. The topological polar surface area (TPSA) is 27.7 Å². The molecule has 0 aliphatic carbocycles. The summed E-state index contributed by atoms with van der Waals surface area (Å²) in [5, 5.41) is 4.19. The molecule has 1 aliphatic heterocycles. The van der Waals surface area contributed by atoms with Crippen molar-refractivity contribution in [3.63, 3.8) is 0 Å². The highest BCUT2D eigenvalue weighted by molar-refractivity contribution is 7.80. The van der Waals surface area contributed by atoms with Gasteiger partial charge in [-0.2, -0.15) is 0 Å². The van der Waals surface area contributed by atoms with Crippen LogP contribution in [0.25, 0.3) is 0 Å². The molecule has 0 bridgehead atoms. The lowest BCUT2D eigenvalue weighted by molar-refractivity contribution is 0.336. The molecule has 0 radical (unpaired) electrons. The highest BCUT2D eigenvalue weighted by atomic mass is 32.1. The number of benzene rings is 1. The van der Waals surface area contributed by atoms with Crippen LogP contribution in [0.3, 0.4) is 0 Å². The summed E-state index contributed by atoms with van der Waals surface area (Å²) in [5.41, 5.74) is 1.19. The Kier molecular flexibility index (Phi) is 6.11. The minimum absolute atomic E-state index is 0.696. The molecule has 0 saturated carbocycles. The van der Waals surface area contributed by atoms with Gasteiger partial charge in [-0.25, -0.2) is 0 Å². The Hall–Kier alpha value is -1.49. The van der Waals surface area contributed by atoms with Gasteiger partial charge >= 0.3 is 0 Å². The van der Waals surface area contributed by atoms with Gasteiger partial charge in [-0.15, -0.1) is 0 Å². The number of hydrogen-bond donors (Lipinski definition) is 1. The first kappa shape index (κ1) is 15.9. The highest BCUT2D eigenvalue weighted by Crippen LogP contribution is 2.28. The molecule has 4 nitrogen and oxygen atoms in total. The molecular formula is C16H25N3OS. The summed E-state index contributed by atoms with van der Waals surface area (Å²) >= 11 is 5.43. The van der Waals surface area contributed by atoms with Gasteiger partial charge in [-0.05, 0) is 37.7 Å². The molecule has 1 saturated heterocycles. The van der Waals surface area contributed by atoms with Crippen LogP contribution in [0, 0.1) is 0 Å². The van der Waals surface area contributed by atoms with E-state index in [4.69, 9.17) is 17.0 Å². The lowest BCUT2D eigenvalue weighted by Crippen LogP contribution is -2.51. The molecule has 1 fully saturated rings. The quantitative estimate of drug-likeness (QED) is 0.844. The number of thiocarbonyl (C=S) groups is 1. The fourth-order valence-corrected chi connectivity index (χ4v) is 2.77. The first-order chi connectivity index (χ1) is 10.3. The van der Waals surface area contributed by atoms with Crippen molar-refractivity contribution in [3.8, 4) is 5.75 Å². The van der Waals surface area contributed by atoms with Crippen molar-refractivity contribution >= 4 is 23.0 Å². The Balaban J connectivity index is 1.93. The molecular weight excluding hydrogens is 282 g/mol. The summed E-state index contributed by atoms with van der Waals surface area (Å²) in [6, 6.07) is 8.26. The van der Waals surface area contributed by atoms with Crippen LogP contribution >= 0.6 is 12.2 Å². The Labute approximate surface area is 133 Å². The molecule has 1 aliphatic rings. The summed E-state index contributed by atoms with van der Waals surface area (Å²) in [6.45, 7) is 9.67. The van der Waals surface area contributed by atoms with Crippen LogP contribution in [0.5, 0.6) is 5.75 Å². The van der Waals surface area contributed by atoms with Crippen molar-refractivity contribution in [2.75, 3.05) is 44.2 Å². The zero-order valence-corrected chi connectivity index (χ0v) is 13.8. The van der Waals surface area contributed by atoms with E-state index in [1.165, 1.54) is 5.69 Å². The molecule has 0 spiro atoms. The van der Waals surface area contributed by atoms with E-state index < -0.39 is 0 Å². The molecule has 0 aromatic heterocycles. The summed E-state index contributed by atoms with van der Waals surface area (Å²) in [7, 11) is 0. The van der Waals surface area contributed by atoms with Gasteiger partial charge in [0.25, 0.3) is 0 Å². The highest BCUT2D eigenvalue weighted by Gasteiger charge is 2.20. The van der Waals surface area contributed by atoms with E-state index in [0.717, 1.165) is 50.0 Å². The Bertz CT molecular complexity index is 459. The molecule has 1 heterocycles. The monoisotopic (exact) mass is 307 g/mol. The van der Waals surface area contributed by atoms with E-state index in [0.29, 0.717) is 6.61 Å². The number of piperazine rings is 1. The average molecular weight is 307 g/mol. The van der Waals surface area contributed by atoms with Gasteiger partial charge in [0.05, 0.1) is 12.3 Å². The number of hydrogen-bond acceptors (Lipinski definition) is 3. The number of ether oxygens (including phenoxy) is 1. The average Bonchev–Trinajstić information content (AvgIpc) is 2.53. The van der Waals surface area contributed by atoms with Crippen molar-refractivity contribution in [3.05, 3.63) is 24.3 Å². The Morgan fingerprint density at radius 1 is 1.19 bits per heavy atom. The fraction of sp³-hybridized carbons (Fsp3) is 0.562. The molecule has 21 heavy (non-hydrogen) atoms. The van der Waals surface area contributed by atoms with E-state index in [1.807, 2.05) is 19.1 Å². The first-order valence-electron chi connectivity index (χ1n) is 7.75. The third-order valence-electron chi connectivity index (χ3n) is 3.60. The van der Waals surface area contributed by atoms with Crippen LogP contribution in [-0.4, -0.2) is 49.3 Å². The number of anilines is 1. The van der Waals surface area contributed by atoms with Gasteiger partial charge in [0.15, 0.2) is 5.11 Å². The minimum atomic E-state index is 0.696. The van der Waals surface area contributed by atoms with E-state index in [-0.39, 0.29) is 0 Å². The molecule has 0 amide bonds. The molecule has 5 heteroatoms. The maximum Gasteiger partial charge on any atom is 0.169 e. The second kappa shape index (κ2) is 8.08. The van der Waals surface area contributed by atoms with Crippen LogP contribution in [0.4, 0.5) is 5.69 Å². The lowest BCUT2D eigenvalue weighted by atomic mass is 10.2. The Morgan fingerprint density at radius 2 is 1.90 bits per heavy atom. The lowest BCUT2D eigenvalue weighted by Gasteiger charge is -2.38. The van der Waals surface area contributed by atoms with Crippen molar-refractivity contribution < 1.29 is 4.74 Å². The molecule has 1 aromatic rings. The number of rotatable bonds is 5. The van der Waals surface area contributed by atoms with Gasteiger partial charge in [0, 0.05) is 32.7 Å². The second-order valence-corrected chi connectivity index (χ2v) is 5.49. The van der Waals surface area contributed by atoms with Gasteiger partial charge in [0.1, 0.15) is 5.75 Å². The summed E-state index contributed by atoms with van der Waals surface area (Å²) in [4.78, 5) is 4.63. The first-order valence-corrected chi connectivity index (χ1v) is 8.16. The van der Waals surface area contributed by atoms with E-state index >= 15 is 0 Å². The van der Waals surface area contributed by atoms with E-state index in [2.05, 4.69) is 34.2 Å². The molecule has 0 atom stereocenters. The normalized spacial score (nSPS) is 15.0.